The fourth-order valence-electron chi connectivity index (χ4n) is 5.58. The van der Waals surface area contributed by atoms with E-state index < -0.39 is 0 Å². The third-order valence-electron chi connectivity index (χ3n) is 8.07. The SMILES string of the molecule is C=CCC1(Nc2ccccc2Br)CCN(B(C)O)CC1.C=CCC1(Nc2ccccc2Br)CCN(C(C)=O)CC1. The normalized spacial score (nSPS) is 18.1. The number of amides is 1. The van der Waals surface area contributed by atoms with Crippen LogP contribution in [0.15, 0.2) is 82.8 Å². The Balaban J connectivity index is 0.000000220. The van der Waals surface area contributed by atoms with Crippen molar-refractivity contribution in [2.75, 3.05) is 36.8 Å². The maximum Gasteiger partial charge on any atom is 0.376 e. The summed E-state index contributed by atoms with van der Waals surface area (Å²) in [4.78, 5) is 15.5. The Morgan fingerprint density at radius 1 is 0.875 bits per heavy atom. The summed E-state index contributed by atoms with van der Waals surface area (Å²) in [5, 5.41) is 17.1. The number of benzene rings is 2. The molecule has 0 aromatic heterocycles. The van der Waals surface area contributed by atoms with Crippen LogP contribution in [-0.4, -0.2) is 64.9 Å². The second-order valence-electron chi connectivity index (χ2n) is 10.9. The highest BCUT2D eigenvalue weighted by Crippen LogP contribution is 2.35. The number of hydrogen-bond donors (Lipinski definition) is 3. The standard InChI is InChI=1S/C16H21BrN2O.C15H22BBrN2O/c1-3-8-16(9-11-19(12-10-16)13(2)20)18-15-7-5-4-6-14(15)17;1-3-8-15(9-11-19(12-10-15)16(2)20)18-14-7-5-4-6-13(14)17/h3-7,18H,1,8-12H2,2H3;3-7,18,20H,1,8-12H2,2H3. The molecule has 0 aliphatic carbocycles. The summed E-state index contributed by atoms with van der Waals surface area (Å²) in [6.45, 7) is 14.7. The van der Waals surface area contributed by atoms with Gasteiger partial charge in [0.1, 0.15) is 0 Å². The zero-order chi connectivity index (χ0) is 29.2. The first-order valence-corrected chi connectivity index (χ1v) is 15.7. The first-order chi connectivity index (χ1) is 19.1. The maximum atomic E-state index is 11.5. The van der Waals surface area contributed by atoms with Crippen molar-refractivity contribution in [2.24, 2.45) is 0 Å². The molecule has 2 aliphatic heterocycles. The third-order valence-corrected chi connectivity index (χ3v) is 9.45. The zero-order valence-corrected chi connectivity index (χ0v) is 27.0. The van der Waals surface area contributed by atoms with Gasteiger partial charge in [0.25, 0.3) is 0 Å². The molecule has 0 saturated carbocycles. The van der Waals surface area contributed by atoms with Gasteiger partial charge in [-0.1, -0.05) is 36.4 Å². The van der Waals surface area contributed by atoms with Crippen LogP contribution in [0.1, 0.15) is 45.4 Å². The maximum absolute atomic E-state index is 11.5. The average molecular weight is 674 g/mol. The Labute approximate surface area is 257 Å². The van der Waals surface area contributed by atoms with Crippen molar-refractivity contribution in [3.05, 3.63) is 82.8 Å². The van der Waals surface area contributed by atoms with Gasteiger partial charge in [0, 0.05) is 51.4 Å². The van der Waals surface area contributed by atoms with Crippen LogP contribution in [-0.2, 0) is 4.79 Å². The summed E-state index contributed by atoms with van der Waals surface area (Å²) in [6, 6.07) is 16.4. The summed E-state index contributed by atoms with van der Waals surface area (Å²) in [5.74, 6) is 0.165. The van der Waals surface area contributed by atoms with E-state index in [9.17, 15) is 9.82 Å². The molecule has 3 N–H and O–H groups in total. The van der Waals surface area contributed by atoms with Crippen molar-refractivity contribution in [3.63, 3.8) is 0 Å². The largest absolute Gasteiger partial charge is 0.437 e. The molecule has 4 rings (SSSR count). The second-order valence-corrected chi connectivity index (χ2v) is 12.6. The van der Waals surface area contributed by atoms with Crippen molar-refractivity contribution < 1.29 is 9.82 Å². The Morgan fingerprint density at radius 2 is 1.27 bits per heavy atom. The number of hydrogen-bond acceptors (Lipinski definition) is 5. The van der Waals surface area contributed by atoms with Crippen LogP contribution < -0.4 is 10.6 Å². The lowest BCUT2D eigenvalue weighted by Crippen LogP contribution is -2.52. The zero-order valence-electron chi connectivity index (χ0n) is 23.8. The number of carbonyl (C=O) groups excluding carboxylic acids is 1. The number of nitrogens with one attached hydrogen (secondary N) is 2. The van der Waals surface area contributed by atoms with E-state index in [4.69, 9.17) is 0 Å². The third kappa shape index (κ3) is 8.97. The minimum absolute atomic E-state index is 0.00241. The molecule has 2 aliphatic rings. The Kier molecular flexibility index (Phi) is 12.4. The number of carbonyl (C=O) groups is 1. The molecule has 0 unspecified atom stereocenters. The first kappa shape index (κ1) is 32.4. The van der Waals surface area contributed by atoms with Gasteiger partial charge < -0.3 is 25.4 Å². The van der Waals surface area contributed by atoms with Crippen LogP contribution in [0, 0.1) is 0 Å². The summed E-state index contributed by atoms with van der Waals surface area (Å²) < 4.78 is 2.15. The number of rotatable bonds is 9. The molecule has 2 aromatic rings. The Morgan fingerprint density at radius 3 is 1.62 bits per heavy atom. The molecule has 216 valence electrons. The summed E-state index contributed by atoms with van der Waals surface area (Å²) in [5.41, 5.74) is 2.26. The molecule has 0 spiro atoms. The molecule has 2 saturated heterocycles. The van der Waals surface area contributed by atoms with Gasteiger partial charge in [0.2, 0.25) is 5.91 Å². The van der Waals surface area contributed by atoms with Gasteiger partial charge in [-0.05, 0) is 115 Å². The minimum Gasteiger partial charge on any atom is -0.437 e. The van der Waals surface area contributed by atoms with Crippen LogP contribution in [0.3, 0.4) is 0 Å². The molecule has 0 bridgehead atoms. The number of halogens is 2. The van der Waals surface area contributed by atoms with Crippen molar-refractivity contribution in [1.82, 2.24) is 9.71 Å². The molecular weight excluding hydrogens is 631 g/mol. The summed E-state index contributed by atoms with van der Waals surface area (Å²) in [7, 11) is -0.361. The lowest BCUT2D eigenvalue weighted by molar-refractivity contribution is -0.130. The predicted octanol–water partition coefficient (Wildman–Crippen LogP) is 7.20. The first-order valence-electron chi connectivity index (χ1n) is 14.1. The van der Waals surface area contributed by atoms with Crippen molar-refractivity contribution in [3.8, 4) is 0 Å². The molecule has 1 amide bonds. The van der Waals surface area contributed by atoms with Crippen LogP contribution >= 0.6 is 31.9 Å². The van der Waals surface area contributed by atoms with Crippen LogP contribution in [0.2, 0.25) is 6.82 Å². The number of piperidine rings is 2. The molecule has 40 heavy (non-hydrogen) atoms. The smallest absolute Gasteiger partial charge is 0.376 e. The van der Waals surface area contributed by atoms with E-state index in [0.29, 0.717) is 0 Å². The van der Waals surface area contributed by atoms with E-state index in [2.05, 4.69) is 78.7 Å². The summed E-state index contributed by atoms with van der Waals surface area (Å²) >= 11 is 7.18. The lowest BCUT2D eigenvalue weighted by Gasteiger charge is -2.43. The number of nitrogens with zero attached hydrogens (tertiary/aromatic N) is 2. The van der Waals surface area contributed by atoms with E-state index in [-0.39, 0.29) is 24.0 Å². The van der Waals surface area contributed by atoms with E-state index in [1.54, 1.807) is 6.92 Å². The molecular formula is C31H43BBr2N4O2. The van der Waals surface area contributed by atoms with E-state index in [1.807, 2.05) is 54.2 Å². The molecule has 2 heterocycles. The van der Waals surface area contributed by atoms with Crippen molar-refractivity contribution in [2.45, 2.75) is 63.3 Å². The Bertz CT molecular complexity index is 1130. The van der Waals surface area contributed by atoms with E-state index >= 15 is 0 Å². The van der Waals surface area contributed by atoms with Crippen molar-refractivity contribution >= 4 is 56.2 Å². The molecule has 2 aromatic carbocycles. The van der Waals surface area contributed by atoms with Gasteiger partial charge >= 0.3 is 7.05 Å². The van der Waals surface area contributed by atoms with Gasteiger partial charge in [-0.15, -0.1) is 13.2 Å². The van der Waals surface area contributed by atoms with E-state index in [0.717, 1.165) is 85.0 Å². The van der Waals surface area contributed by atoms with Gasteiger partial charge in [0.15, 0.2) is 0 Å². The Hall–Kier alpha value is -2.07. The fourth-order valence-corrected chi connectivity index (χ4v) is 6.35. The van der Waals surface area contributed by atoms with Gasteiger partial charge in [-0.25, -0.2) is 0 Å². The van der Waals surface area contributed by atoms with Crippen LogP contribution in [0.25, 0.3) is 0 Å². The molecule has 6 nitrogen and oxygen atoms in total. The predicted molar refractivity (Wildman–Crippen MR) is 177 cm³/mol. The van der Waals surface area contributed by atoms with Crippen LogP contribution in [0.5, 0.6) is 0 Å². The average Bonchev–Trinajstić information content (AvgIpc) is 2.93. The highest BCUT2D eigenvalue weighted by molar-refractivity contribution is 9.11. The van der Waals surface area contributed by atoms with Crippen LogP contribution in [0.4, 0.5) is 11.4 Å². The number of para-hydroxylation sites is 2. The van der Waals surface area contributed by atoms with Gasteiger partial charge in [0.05, 0.1) is 0 Å². The van der Waals surface area contributed by atoms with Gasteiger partial charge in [-0.3, -0.25) is 4.79 Å². The minimum atomic E-state index is -0.361. The topological polar surface area (TPSA) is 67.8 Å². The quantitative estimate of drug-likeness (QED) is 0.194. The molecule has 9 heteroatoms. The number of likely N-dealkylation sites (tertiary alicyclic amines) is 1. The van der Waals surface area contributed by atoms with E-state index in [1.165, 1.54) is 0 Å². The monoisotopic (exact) mass is 672 g/mol. The summed E-state index contributed by atoms with van der Waals surface area (Å²) in [6.07, 6.45) is 9.69. The lowest BCUT2D eigenvalue weighted by atomic mass is 9.77. The highest BCUT2D eigenvalue weighted by atomic mass is 79.9. The number of anilines is 2. The fraction of sp³-hybridized carbons (Fsp3) is 0.452. The molecule has 0 radical (unpaired) electrons. The van der Waals surface area contributed by atoms with Gasteiger partial charge in [-0.2, -0.15) is 0 Å². The molecule has 2 fully saturated rings. The highest BCUT2D eigenvalue weighted by Gasteiger charge is 2.36. The van der Waals surface area contributed by atoms with Crippen molar-refractivity contribution in [1.29, 1.82) is 0 Å². The second kappa shape index (κ2) is 15.2. The molecule has 0 atom stereocenters.